The minimum absolute atomic E-state index is 0.182. The van der Waals surface area contributed by atoms with Crippen molar-refractivity contribution in [3.8, 4) is 0 Å². The van der Waals surface area contributed by atoms with Gasteiger partial charge in [-0.15, -0.1) is 0 Å². The van der Waals surface area contributed by atoms with Crippen LogP contribution in [-0.2, 0) is 6.54 Å². The van der Waals surface area contributed by atoms with Crippen molar-refractivity contribution >= 4 is 17.3 Å². The molecule has 1 amide bonds. The SMILES string of the molecule is CCCCn1nc(C(=O)Nc2ccc(N3CCN(CC)CC3)cc2C)ccc1=O. The van der Waals surface area contributed by atoms with Gasteiger partial charge in [-0.25, -0.2) is 4.68 Å². The summed E-state index contributed by atoms with van der Waals surface area (Å²) in [5, 5.41) is 7.15. The second-order valence-electron chi connectivity index (χ2n) is 7.51. The minimum Gasteiger partial charge on any atom is -0.369 e. The Morgan fingerprint density at radius 2 is 1.86 bits per heavy atom. The summed E-state index contributed by atoms with van der Waals surface area (Å²) in [7, 11) is 0. The summed E-state index contributed by atoms with van der Waals surface area (Å²) < 4.78 is 1.37. The van der Waals surface area contributed by atoms with Crippen molar-refractivity contribution < 1.29 is 4.79 Å². The van der Waals surface area contributed by atoms with Crippen molar-refractivity contribution in [3.63, 3.8) is 0 Å². The molecule has 0 spiro atoms. The molecular formula is C22H31N5O2. The first-order chi connectivity index (χ1) is 14.0. The van der Waals surface area contributed by atoms with Gasteiger partial charge in [-0.2, -0.15) is 5.10 Å². The average molecular weight is 398 g/mol. The number of amides is 1. The van der Waals surface area contributed by atoms with Crippen LogP contribution in [0, 0.1) is 6.92 Å². The van der Waals surface area contributed by atoms with Gasteiger partial charge in [-0.3, -0.25) is 9.59 Å². The molecule has 0 aliphatic carbocycles. The van der Waals surface area contributed by atoms with Crippen LogP contribution >= 0.6 is 0 Å². The zero-order valence-electron chi connectivity index (χ0n) is 17.6. The number of carbonyl (C=O) groups is 1. The second kappa shape index (κ2) is 9.69. The maximum atomic E-state index is 12.7. The van der Waals surface area contributed by atoms with E-state index in [1.807, 2.05) is 13.0 Å². The fourth-order valence-electron chi connectivity index (χ4n) is 3.53. The summed E-state index contributed by atoms with van der Waals surface area (Å²) in [6, 6.07) is 9.01. The summed E-state index contributed by atoms with van der Waals surface area (Å²) in [4.78, 5) is 29.4. The molecule has 1 aromatic heterocycles. The predicted molar refractivity (Wildman–Crippen MR) is 117 cm³/mol. The number of rotatable bonds is 7. The number of nitrogens with zero attached hydrogens (tertiary/aromatic N) is 4. The maximum absolute atomic E-state index is 12.7. The van der Waals surface area contributed by atoms with Gasteiger partial charge in [-0.1, -0.05) is 20.3 Å². The molecule has 0 bridgehead atoms. The van der Waals surface area contributed by atoms with Crippen molar-refractivity contribution in [3.05, 3.63) is 51.9 Å². The van der Waals surface area contributed by atoms with Gasteiger partial charge in [0.2, 0.25) is 0 Å². The monoisotopic (exact) mass is 397 g/mol. The number of hydrogen-bond acceptors (Lipinski definition) is 5. The van der Waals surface area contributed by atoms with Crippen molar-refractivity contribution in [2.75, 3.05) is 42.9 Å². The fourth-order valence-corrected chi connectivity index (χ4v) is 3.53. The van der Waals surface area contributed by atoms with Crippen molar-refractivity contribution in [1.29, 1.82) is 0 Å². The van der Waals surface area contributed by atoms with Crippen LogP contribution in [-0.4, -0.2) is 53.3 Å². The first-order valence-corrected chi connectivity index (χ1v) is 10.5. The number of hydrogen-bond donors (Lipinski definition) is 1. The normalized spacial score (nSPS) is 14.8. The molecule has 0 unspecified atom stereocenters. The van der Waals surface area contributed by atoms with E-state index in [9.17, 15) is 9.59 Å². The lowest BCUT2D eigenvalue weighted by Gasteiger charge is -2.35. The Labute approximate surface area is 172 Å². The van der Waals surface area contributed by atoms with E-state index in [1.54, 1.807) is 0 Å². The molecule has 1 aliphatic rings. The summed E-state index contributed by atoms with van der Waals surface area (Å²) in [5.41, 5.74) is 3.02. The topological polar surface area (TPSA) is 70.5 Å². The summed E-state index contributed by atoms with van der Waals surface area (Å²) in [6.07, 6.45) is 1.81. The van der Waals surface area contributed by atoms with Gasteiger partial charge < -0.3 is 15.1 Å². The fraction of sp³-hybridized carbons (Fsp3) is 0.500. The van der Waals surface area contributed by atoms with Crippen LogP contribution in [0.5, 0.6) is 0 Å². The average Bonchev–Trinajstić information content (AvgIpc) is 2.74. The Morgan fingerprint density at radius 1 is 1.10 bits per heavy atom. The molecule has 7 nitrogen and oxygen atoms in total. The highest BCUT2D eigenvalue weighted by atomic mass is 16.2. The van der Waals surface area contributed by atoms with Crippen molar-refractivity contribution in [1.82, 2.24) is 14.7 Å². The minimum atomic E-state index is -0.303. The molecule has 0 saturated carbocycles. The van der Waals surface area contributed by atoms with Crippen LogP contribution in [0.2, 0.25) is 0 Å². The Bertz CT molecular complexity index is 900. The molecule has 1 saturated heterocycles. The molecule has 0 atom stereocenters. The lowest BCUT2D eigenvalue weighted by atomic mass is 10.1. The third-order valence-corrected chi connectivity index (χ3v) is 5.47. The van der Waals surface area contributed by atoms with Gasteiger partial charge in [0.05, 0.1) is 0 Å². The van der Waals surface area contributed by atoms with Crippen LogP contribution < -0.4 is 15.8 Å². The molecule has 1 aliphatic heterocycles. The molecule has 0 radical (unpaired) electrons. The zero-order valence-corrected chi connectivity index (χ0v) is 17.6. The van der Waals surface area contributed by atoms with Gasteiger partial charge in [0.15, 0.2) is 0 Å². The largest absolute Gasteiger partial charge is 0.369 e. The highest BCUT2D eigenvalue weighted by Gasteiger charge is 2.17. The number of likely N-dealkylation sites (N-methyl/N-ethyl adjacent to an activating group) is 1. The van der Waals surface area contributed by atoms with E-state index >= 15 is 0 Å². The number of benzene rings is 1. The smallest absolute Gasteiger partial charge is 0.276 e. The summed E-state index contributed by atoms with van der Waals surface area (Å²) in [6.45, 7) is 12.1. The van der Waals surface area contributed by atoms with Gasteiger partial charge in [0.1, 0.15) is 5.69 Å². The molecule has 2 heterocycles. The van der Waals surface area contributed by atoms with E-state index in [2.05, 4.69) is 46.2 Å². The third kappa shape index (κ3) is 5.23. The van der Waals surface area contributed by atoms with Gasteiger partial charge >= 0.3 is 0 Å². The molecule has 1 fully saturated rings. The number of piperazine rings is 1. The molecule has 2 aromatic rings. The van der Waals surface area contributed by atoms with Crippen LogP contribution in [0.1, 0.15) is 42.7 Å². The molecule has 1 N–H and O–H groups in total. The number of anilines is 2. The van der Waals surface area contributed by atoms with Crippen LogP contribution in [0.25, 0.3) is 0 Å². The Balaban J connectivity index is 1.69. The molecule has 7 heteroatoms. The molecule has 156 valence electrons. The predicted octanol–water partition coefficient (Wildman–Crippen LogP) is 2.75. The Hall–Kier alpha value is -2.67. The summed E-state index contributed by atoms with van der Waals surface area (Å²) in [5.74, 6) is -0.303. The van der Waals surface area contributed by atoms with E-state index < -0.39 is 0 Å². The van der Waals surface area contributed by atoms with Crippen molar-refractivity contribution in [2.24, 2.45) is 0 Å². The first-order valence-electron chi connectivity index (χ1n) is 10.5. The third-order valence-electron chi connectivity index (χ3n) is 5.47. The number of aromatic nitrogens is 2. The van der Waals surface area contributed by atoms with Crippen molar-refractivity contribution in [2.45, 2.75) is 40.2 Å². The zero-order chi connectivity index (χ0) is 20.8. The maximum Gasteiger partial charge on any atom is 0.276 e. The Kier molecular flexibility index (Phi) is 7.04. The van der Waals surface area contributed by atoms with Crippen LogP contribution in [0.4, 0.5) is 11.4 Å². The second-order valence-corrected chi connectivity index (χ2v) is 7.51. The van der Waals surface area contributed by atoms with Crippen LogP contribution in [0.15, 0.2) is 35.1 Å². The quantitative estimate of drug-likeness (QED) is 0.778. The lowest BCUT2D eigenvalue weighted by molar-refractivity contribution is 0.101. The molecular weight excluding hydrogens is 366 g/mol. The Morgan fingerprint density at radius 3 is 2.52 bits per heavy atom. The van der Waals surface area contributed by atoms with E-state index in [0.29, 0.717) is 6.54 Å². The van der Waals surface area contributed by atoms with Crippen LogP contribution in [0.3, 0.4) is 0 Å². The van der Waals surface area contributed by atoms with Gasteiger partial charge in [0, 0.05) is 50.2 Å². The molecule has 1 aromatic carbocycles. The molecule has 29 heavy (non-hydrogen) atoms. The van der Waals surface area contributed by atoms with E-state index in [1.165, 1.54) is 22.5 Å². The van der Waals surface area contributed by atoms with E-state index in [4.69, 9.17) is 0 Å². The highest BCUT2D eigenvalue weighted by molar-refractivity contribution is 6.03. The van der Waals surface area contributed by atoms with E-state index in [-0.39, 0.29) is 17.2 Å². The van der Waals surface area contributed by atoms with Gasteiger partial charge in [0.25, 0.3) is 11.5 Å². The number of unbranched alkanes of at least 4 members (excludes halogenated alkanes) is 1. The first kappa shape index (κ1) is 21.0. The number of aryl methyl sites for hydroxylation is 2. The lowest BCUT2D eigenvalue weighted by Crippen LogP contribution is -2.46. The van der Waals surface area contributed by atoms with Gasteiger partial charge in [-0.05, 0) is 49.7 Å². The number of nitrogens with one attached hydrogen (secondary N) is 1. The molecule has 3 rings (SSSR count). The number of carbonyl (C=O) groups excluding carboxylic acids is 1. The van der Waals surface area contributed by atoms with E-state index in [0.717, 1.165) is 56.8 Å². The standard InChI is InChI=1S/C22H31N5O2/c1-4-6-11-27-21(28)10-9-20(24-27)22(29)23-19-8-7-18(16-17(19)3)26-14-12-25(5-2)13-15-26/h7-10,16H,4-6,11-15H2,1-3H3,(H,23,29). The highest BCUT2D eigenvalue weighted by Crippen LogP contribution is 2.24. The summed E-state index contributed by atoms with van der Waals surface area (Å²) >= 11 is 0.